The van der Waals surface area contributed by atoms with E-state index in [1.807, 2.05) is 43.6 Å². The number of rotatable bonds is 5. The van der Waals surface area contributed by atoms with E-state index in [-0.39, 0.29) is 18.4 Å². The fourth-order valence-corrected chi connectivity index (χ4v) is 3.36. The van der Waals surface area contributed by atoms with Crippen LogP contribution in [0, 0.1) is 0 Å². The van der Waals surface area contributed by atoms with Crippen molar-refractivity contribution in [1.82, 2.24) is 19.7 Å². The van der Waals surface area contributed by atoms with Crippen LogP contribution >= 0.6 is 0 Å². The second-order valence-electron chi connectivity index (χ2n) is 7.09. The van der Waals surface area contributed by atoms with E-state index in [1.165, 1.54) is 0 Å². The van der Waals surface area contributed by atoms with Gasteiger partial charge in [0, 0.05) is 38.6 Å². The lowest BCUT2D eigenvalue weighted by Crippen LogP contribution is -2.40. The molecule has 0 unspecified atom stereocenters. The molecule has 1 N–H and O–H groups in total. The van der Waals surface area contributed by atoms with Crippen LogP contribution in [0.4, 0.5) is 11.5 Å². The van der Waals surface area contributed by atoms with Crippen LogP contribution < -0.4 is 10.2 Å². The highest BCUT2D eigenvalue weighted by Crippen LogP contribution is 2.30. The lowest BCUT2D eigenvalue weighted by Gasteiger charge is -2.30. The Hall–Kier alpha value is -3.68. The zero-order valence-electron chi connectivity index (χ0n) is 16.4. The van der Waals surface area contributed by atoms with Crippen molar-refractivity contribution in [3.8, 4) is 0 Å². The van der Waals surface area contributed by atoms with Gasteiger partial charge in [0.25, 0.3) is 5.91 Å². The lowest BCUT2D eigenvalue weighted by atomic mass is 10.1. The maximum atomic E-state index is 12.9. The van der Waals surface area contributed by atoms with Crippen LogP contribution in [0.1, 0.15) is 21.5 Å². The molecule has 8 heteroatoms. The molecule has 1 aliphatic rings. The average Bonchev–Trinajstić information content (AvgIpc) is 3.14. The first-order valence-electron chi connectivity index (χ1n) is 9.32. The van der Waals surface area contributed by atoms with Crippen molar-refractivity contribution in [2.24, 2.45) is 7.05 Å². The molecule has 4 rings (SSSR count). The molecule has 1 aliphatic heterocycles. The number of anilines is 2. The average molecular weight is 390 g/mol. The molecule has 148 valence electrons. The summed E-state index contributed by atoms with van der Waals surface area (Å²) in [5, 5.41) is 7.16. The van der Waals surface area contributed by atoms with Crippen molar-refractivity contribution in [3.63, 3.8) is 0 Å². The third-order valence-corrected chi connectivity index (χ3v) is 4.82. The number of aryl methyl sites for hydroxylation is 1. The molecule has 0 radical (unpaired) electrons. The molecule has 29 heavy (non-hydrogen) atoms. The van der Waals surface area contributed by atoms with E-state index in [2.05, 4.69) is 15.4 Å². The van der Waals surface area contributed by atoms with Gasteiger partial charge in [0.15, 0.2) is 5.82 Å². The number of aromatic nitrogens is 3. The standard InChI is InChI=1S/C21H22N6O2/c1-25(12-16-9-24-26(2)13-16)21(29)17-8-18-20(22-10-17)23-11-19(28)27(18)14-15-6-4-3-5-7-15/h3-10,13H,11-12,14H2,1-2H3,(H,22,23). The van der Waals surface area contributed by atoms with Gasteiger partial charge >= 0.3 is 0 Å². The minimum atomic E-state index is -0.165. The Labute approximate surface area is 168 Å². The van der Waals surface area contributed by atoms with Crippen LogP contribution in [0.2, 0.25) is 0 Å². The summed E-state index contributed by atoms with van der Waals surface area (Å²) in [6, 6.07) is 11.5. The summed E-state index contributed by atoms with van der Waals surface area (Å²) < 4.78 is 1.70. The summed E-state index contributed by atoms with van der Waals surface area (Å²) in [6.45, 7) is 1.05. The molecule has 0 saturated carbocycles. The predicted molar refractivity (Wildman–Crippen MR) is 109 cm³/mol. The number of hydrogen-bond donors (Lipinski definition) is 1. The second-order valence-corrected chi connectivity index (χ2v) is 7.09. The number of fused-ring (bicyclic) bond motifs is 1. The zero-order chi connectivity index (χ0) is 20.4. The summed E-state index contributed by atoms with van der Waals surface area (Å²) in [5.74, 6) is 0.380. The highest BCUT2D eigenvalue weighted by molar-refractivity contribution is 6.04. The number of nitrogens with zero attached hydrogens (tertiary/aromatic N) is 5. The highest BCUT2D eigenvalue weighted by atomic mass is 16.2. The first kappa shape index (κ1) is 18.7. The van der Waals surface area contributed by atoms with Gasteiger partial charge in [-0.2, -0.15) is 5.10 Å². The number of benzene rings is 1. The summed E-state index contributed by atoms with van der Waals surface area (Å²) in [5.41, 5.74) is 3.01. The molecular weight excluding hydrogens is 368 g/mol. The number of nitrogens with one attached hydrogen (secondary N) is 1. The third-order valence-electron chi connectivity index (χ3n) is 4.82. The number of hydrogen-bond acceptors (Lipinski definition) is 5. The zero-order valence-corrected chi connectivity index (χ0v) is 16.4. The summed E-state index contributed by atoms with van der Waals surface area (Å²) in [7, 11) is 3.57. The van der Waals surface area contributed by atoms with E-state index in [0.717, 1.165) is 11.1 Å². The van der Waals surface area contributed by atoms with E-state index < -0.39 is 0 Å². The number of carbonyl (C=O) groups excluding carboxylic acids is 2. The third kappa shape index (κ3) is 3.96. The van der Waals surface area contributed by atoms with Crippen LogP contribution in [0.5, 0.6) is 0 Å². The van der Waals surface area contributed by atoms with Crippen LogP contribution in [0.25, 0.3) is 0 Å². The van der Waals surface area contributed by atoms with Gasteiger partial charge in [0.05, 0.1) is 30.5 Å². The molecule has 3 heterocycles. The molecule has 0 fully saturated rings. The molecule has 0 aliphatic carbocycles. The summed E-state index contributed by atoms with van der Waals surface area (Å²) in [4.78, 5) is 33.1. The summed E-state index contributed by atoms with van der Waals surface area (Å²) in [6.07, 6.45) is 5.16. The van der Waals surface area contributed by atoms with Gasteiger partial charge in [-0.25, -0.2) is 4.98 Å². The fraction of sp³-hybridized carbons (Fsp3) is 0.238. The fourth-order valence-electron chi connectivity index (χ4n) is 3.36. The van der Waals surface area contributed by atoms with Gasteiger partial charge in [-0.15, -0.1) is 0 Å². The van der Waals surface area contributed by atoms with Crippen molar-refractivity contribution < 1.29 is 9.59 Å². The predicted octanol–water partition coefficient (Wildman–Crippen LogP) is 2.05. The van der Waals surface area contributed by atoms with Gasteiger partial charge in [-0.3, -0.25) is 14.3 Å². The molecular formula is C21H22N6O2. The molecule has 2 aromatic heterocycles. The molecule has 0 bridgehead atoms. The number of pyridine rings is 1. The van der Waals surface area contributed by atoms with E-state index in [4.69, 9.17) is 0 Å². The Kier molecular flexibility index (Phi) is 4.99. The van der Waals surface area contributed by atoms with Crippen LogP contribution in [-0.4, -0.2) is 45.1 Å². The SMILES string of the molecule is CN(Cc1cnn(C)c1)C(=O)c1cnc2c(c1)N(Cc1ccccc1)C(=O)CN2. The maximum absolute atomic E-state index is 12.9. The number of amides is 2. The van der Waals surface area contributed by atoms with Gasteiger partial charge < -0.3 is 15.1 Å². The molecule has 1 aromatic carbocycles. The quantitative estimate of drug-likeness (QED) is 0.721. The van der Waals surface area contributed by atoms with E-state index >= 15 is 0 Å². The Morgan fingerprint density at radius 2 is 2.00 bits per heavy atom. The smallest absolute Gasteiger partial charge is 0.255 e. The molecule has 3 aromatic rings. The van der Waals surface area contributed by atoms with Crippen molar-refractivity contribution in [3.05, 3.63) is 71.7 Å². The van der Waals surface area contributed by atoms with Crippen LogP contribution in [0.15, 0.2) is 55.0 Å². The van der Waals surface area contributed by atoms with Gasteiger partial charge in [-0.1, -0.05) is 30.3 Å². The van der Waals surface area contributed by atoms with Crippen molar-refractivity contribution in [1.29, 1.82) is 0 Å². The van der Waals surface area contributed by atoms with Crippen molar-refractivity contribution >= 4 is 23.3 Å². The largest absolute Gasteiger partial charge is 0.359 e. The van der Waals surface area contributed by atoms with E-state index in [9.17, 15) is 9.59 Å². The molecule has 0 atom stereocenters. The highest BCUT2D eigenvalue weighted by Gasteiger charge is 2.26. The molecule has 2 amide bonds. The van der Waals surface area contributed by atoms with Crippen molar-refractivity contribution in [2.45, 2.75) is 13.1 Å². The van der Waals surface area contributed by atoms with Crippen LogP contribution in [0.3, 0.4) is 0 Å². The Morgan fingerprint density at radius 1 is 1.21 bits per heavy atom. The normalized spacial score (nSPS) is 13.0. The number of carbonyl (C=O) groups is 2. The monoisotopic (exact) mass is 390 g/mol. The Morgan fingerprint density at radius 3 is 2.72 bits per heavy atom. The Bertz CT molecular complexity index is 1050. The minimum absolute atomic E-state index is 0.0588. The topological polar surface area (TPSA) is 83.4 Å². The van der Waals surface area contributed by atoms with E-state index in [0.29, 0.717) is 30.2 Å². The molecule has 0 saturated heterocycles. The summed E-state index contributed by atoms with van der Waals surface area (Å²) >= 11 is 0. The van der Waals surface area contributed by atoms with Crippen molar-refractivity contribution in [2.75, 3.05) is 23.8 Å². The lowest BCUT2D eigenvalue weighted by molar-refractivity contribution is -0.117. The van der Waals surface area contributed by atoms with Crippen LogP contribution in [-0.2, 0) is 24.9 Å². The maximum Gasteiger partial charge on any atom is 0.255 e. The first-order chi connectivity index (χ1) is 14.0. The molecule has 8 nitrogen and oxygen atoms in total. The van der Waals surface area contributed by atoms with Gasteiger partial charge in [-0.05, 0) is 11.6 Å². The minimum Gasteiger partial charge on any atom is -0.359 e. The first-order valence-corrected chi connectivity index (χ1v) is 9.32. The molecule has 0 spiro atoms. The Balaban J connectivity index is 1.58. The van der Waals surface area contributed by atoms with Gasteiger partial charge in [0.2, 0.25) is 5.91 Å². The van der Waals surface area contributed by atoms with Gasteiger partial charge in [0.1, 0.15) is 0 Å². The van der Waals surface area contributed by atoms with E-state index in [1.54, 1.807) is 40.0 Å². The second kappa shape index (κ2) is 7.75.